The molecule has 1 aromatic heterocycles. The molecule has 2 rings (SSSR count). The molecule has 1 aromatic rings. The summed E-state index contributed by atoms with van der Waals surface area (Å²) in [6.07, 6.45) is 0. The molecule has 0 bridgehead atoms. The second-order valence-electron chi connectivity index (χ2n) is 5.61. The van der Waals surface area contributed by atoms with Crippen LogP contribution in [0.3, 0.4) is 0 Å². The molecule has 19 heavy (non-hydrogen) atoms. The van der Waals surface area contributed by atoms with Crippen molar-refractivity contribution in [1.29, 1.82) is 0 Å². The van der Waals surface area contributed by atoms with Crippen molar-refractivity contribution >= 4 is 5.91 Å². The summed E-state index contributed by atoms with van der Waals surface area (Å²) < 4.78 is 2.10. The normalized spacial score (nSPS) is 20.1. The van der Waals surface area contributed by atoms with Crippen LogP contribution in [-0.2, 0) is 17.9 Å². The Morgan fingerprint density at radius 1 is 1.26 bits per heavy atom. The molecule has 6 heteroatoms. The van der Waals surface area contributed by atoms with Crippen molar-refractivity contribution < 1.29 is 4.79 Å². The first kappa shape index (κ1) is 14.0. The van der Waals surface area contributed by atoms with Gasteiger partial charge in [-0.25, -0.2) is 0 Å². The van der Waals surface area contributed by atoms with Crippen LogP contribution in [-0.4, -0.2) is 56.1 Å². The summed E-state index contributed by atoms with van der Waals surface area (Å²) in [7, 11) is 1.86. The van der Waals surface area contributed by atoms with Crippen molar-refractivity contribution in [2.75, 3.05) is 20.1 Å². The fourth-order valence-corrected chi connectivity index (χ4v) is 2.65. The Labute approximate surface area is 114 Å². The minimum Gasteiger partial charge on any atom is -0.343 e. The molecule has 0 saturated carbocycles. The monoisotopic (exact) mass is 265 g/mol. The highest BCUT2D eigenvalue weighted by Crippen LogP contribution is 2.23. The SMILES string of the molecule is CCn1c(C)nnc1CN1CCN(C)C(=O)C1(C)C. The van der Waals surface area contributed by atoms with E-state index in [0.29, 0.717) is 6.54 Å². The molecule has 1 amide bonds. The lowest BCUT2D eigenvalue weighted by atomic mass is 9.98. The summed E-state index contributed by atoms with van der Waals surface area (Å²) in [5.74, 6) is 2.03. The van der Waals surface area contributed by atoms with Crippen LogP contribution in [0.1, 0.15) is 32.4 Å². The largest absolute Gasteiger partial charge is 0.343 e. The predicted octanol–water partition coefficient (Wildman–Crippen LogP) is 0.659. The highest BCUT2D eigenvalue weighted by Gasteiger charge is 2.40. The number of aryl methyl sites for hydroxylation is 1. The number of aromatic nitrogens is 3. The first-order valence-corrected chi connectivity index (χ1v) is 6.77. The van der Waals surface area contributed by atoms with Crippen LogP contribution in [0.15, 0.2) is 0 Å². The first-order valence-electron chi connectivity index (χ1n) is 6.77. The van der Waals surface area contributed by atoms with Crippen LogP contribution < -0.4 is 0 Å². The van der Waals surface area contributed by atoms with Crippen molar-refractivity contribution in [3.8, 4) is 0 Å². The molecule has 106 valence electrons. The lowest BCUT2D eigenvalue weighted by molar-refractivity contribution is -0.147. The molecule has 0 unspecified atom stereocenters. The van der Waals surface area contributed by atoms with E-state index in [-0.39, 0.29) is 5.91 Å². The van der Waals surface area contributed by atoms with Gasteiger partial charge in [-0.2, -0.15) is 0 Å². The minimum absolute atomic E-state index is 0.165. The average molecular weight is 265 g/mol. The Morgan fingerprint density at radius 3 is 2.58 bits per heavy atom. The van der Waals surface area contributed by atoms with Crippen molar-refractivity contribution in [3.05, 3.63) is 11.6 Å². The van der Waals surface area contributed by atoms with E-state index in [1.165, 1.54) is 0 Å². The number of nitrogens with zero attached hydrogens (tertiary/aromatic N) is 5. The zero-order chi connectivity index (χ0) is 14.2. The molecule has 2 heterocycles. The van der Waals surface area contributed by atoms with Crippen LogP contribution in [0, 0.1) is 6.92 Å². The van der Waals surface area contributed by atoms with Gasteiger partial charge >= 0.3 is 0 Å². The molecule has 0 radical (unpaired) electrons. The molecule has 6 nitrogen and oxygen atoms in total. The van der Waals surface area contributed by atoms with E-state index in [4.69, 9.17) is 0 Å². The number of hydrogen-bond acceptors (Lipinski definition) is 4. The molecule has 0 aliphatic carbocycles. The van der Waals surface area contributed by atoms with E-state index in [1.807, 2.05) is 27.8 Å². The number of carbonyl (C=O) groups excluding carboxylic acids is 1. The van der Waals surface area contributed by atoms with Crippen LogP contribution >= 0.6 is 0 Å². The molecule has 0 spiro atoms. The van der Waals surface area contributed by atoms with Gasteiger partial charge in [0.2, 0.25) is 5.91 Å². The van der Waals surface area contributed by atoms with Gasteiger partial charge in [0.05, 0.1) is 12.1 Å². The van der Waals surface area contributed by atoms with Gasteiger partial charge < -0.3 is 9.47 Å². The third kappa shape index (κ3) is 2.36. The third-order valence-electron chi connectivity index (χ3n) is 4.03. The Bertz CT molecular complexity index is 479. The minimum atomic E-state index is -0.481. The van der Waals surface area contributed by atoms with Gasteiger partial charge in [0.15, 0.2) is 0 Å². The molecule has 1 fully saturated rings. The van der Waals surface area contributed by atoms with Gasteiger partial charge in [-0.3, -0.25) is 9.69 Å². The molecule has 0 N–H and O–H groups in total. The number of likely N-dealkylation sites (N-methyl/N-ethyl adjacent to an activating group) is 1. The number of rotatable bonds is 3. The van der Waals surface area contributed by atoms with Gasteiger partial charge in [0.1, 0.15) is 11.6 Å². The molecular formula is C13H23N5O. The summed E-state index contributed by atoms with van der Waals surface area (Å²) in [6.45, 7) is 11.2. The van der Waals surface area contributed by atoms with Crippen molar-refractivity contribution in [1.82, 2.24) is 24.6 Å². The fourth-order valence-electron chi connectivity index (χ4n) is 2.65. The van der Waals surface area contributed by atoms with Crippen LogP contribution in [0.5, 0.6) is 0 Å². The van der Waals surface area contributed by atoms with Gasteiger partial charge in [0.25, 0.3) is 0 Å². The predicted molar refractivity (Wildman–Crippen MR) is 72.6 cm³/mol. The molecule has 1 saturated heterocycles. The first-order chi connectivity index (χ1) is 8.87. The fraction of sp³-hybridized carbons (Fsp3) is 0.769. The summed E-state index contributed by atoms with van der Waals surface area (Å²) in [5, 5.41) is 8.36. The van der Waals surface area contributed by atoms with E-state index in [9.17, 15) is 4.79 Å². The van der Waals surface area contributed by atoms with Gasteiger partial charge in [-0.15, -0.1) is 10.2 Å². The average Bonchev–Trinajstić information content (AvgIpc) is 2.71. The lowest BCUT2D eigenvalue weighted by Crippen LogP contribution is -2.61. The third-order valence-corrected chi connectivity index (χ3v) is 4.03. The Hall–Kier alpha value is -1.43. The smallest absolute Gasteiger partial charge is 0.242 e. The second kappa shape index (κ2) is 4.92. The zero-order valence-electron chi connectivity index (χ0n) is 12.5. The summed E-state index contributed by atoms with van der Waals surface area (Å²) in [5.41, 5.74) is -0.481. The topological polar surface area (TPSA) is 54.3 Å². The van der Waals surface area contributed by atoms with Gasteiger partial charge in [-0.1, -0.05) is 0 Å². The molecule has 0 aromatic carbocycles. The van der Waals surface area contributed by atoms with Crippen molar-refractivity contribution in [2.24, 2.45) is 0 Å². The molecular weight excluding hydrogens is 242 g/mol. The van der Waals surface area contributed by atoms with Crippen LogP contribution in [0.25, 0.3) is 0 Å². The Balaban J connectivity index is 2.21. The van der Waals surface area contributed by atoms with E-state index in [0.717, 1.165) is 31.3 Å². The molecule has 0 atom stereocenters. The van der Waals surface area contributed by atoms with Gasteiger partial charge in [-0.05, 0) is 27.7 Å². The number of carbonyl (C=O) groups is 1. The highest BCUT2D eigenvalue weighted by atomic mass is 16.2. The van der Waals surface area contributed by atoms with E-state index >= 15 is 0 Å². The van der Waals surface area contributed by atoms with E-state index in [2.05, 4.69) is 26.6 Å². The summed E-state index contributed by atoms with van der Waals surface area (Å²) in [6, 6.07) is 0. The standard InChI is InChI=1S/C13H23N5O/c1-6-18-10(2)14-15-11(18)9-17-8-7-16(5)12(19)13(17,3)4/h6-9H2,1-5H3. The maximum atomic E-state index is 12.2. The van der Waals surface area contributed by atoms with E-state index < -0.39 is 5.54 Å². The number of piperazine rings is 1. The Kier molecular flexibility index (Phi) is 3.62. The second-order valence-corrected chi connectivity index (χ2v) is 5.61. The number of hydrogen-bond donors (Lipinski definition) is 0. The summed E-state index contributed by atoms with van der Waals surface area (Å²) >= 11 is 0. The van der Waals surface area contributed by atoms with Crippen molar-refractivity contribution in [2.45, 2.75) is 46.3 Å². The van der Waals surface area contributed by atoms with Crippen LogP contribution in [0.4, 0.5) is 0 Å². The lowest BCUT2D eigenvalue weighted by Gasteiger charge is -2.44. The summed E-state index contributed by atoms with van der Waals surface area (Å²) in [4.78, 5) is 16.2. The molecule has 1 aliphatic rings. The molecule has 1 aliphatic heterocycles. The quantitative estimate of drug-likeness (QED) is 0.805. The van der Waals surface area contributed by atoms with Crippen LogP contribution in [0.2, 0.25) is 0 Å². The van der Waals surface area contributed by atoms with Crippen molar-refractivity contribution in [3.63, 3.8) is 0 Å². The maximum absolute atomic E-state index is 12.2. The highest BCUT2D eigenvalue weighted by molar-refractivity contribution is 5.86. The Morgan fingerprint density at radius 2 is 1.95 bits per heavy atom. The number of amides is 1. The van der Waals surface area contributed by atoms with E-state index in [1.54, 1.807) is 4.90 Å². The van der Waals surface area contributed by atoms with Gasteiger partial charge in [0, 0.05) is 26.7 Å². The zero-order valence-corrected chi connectivity index (χ0v) is 12.5. The maximum Gasteiger partial charge on any atom is 0.242 e.